The normalized spacial score (nSPS) is 17.3. The number of benzene rings is 4. The van der Waals surface area contributed by atoms with E-state index in [0.29, 0.717) is 67.1 Å². The van der Waals surface area contributed by atoms with E-state index in [1.807, 2.05) is 0 Å². The number of carbonyl (C=O) groups is 3. The number of aliphatic hydroxyl groups excluding tert-OH is 2. The van der Waals surface area contributed by atoms with Gasteiger partial charge < -0.3 is 47.2 Å². The van der Waals surface area contributed by atoms with Crippen LogP contribution in [-0.4, -0.2) is 177 Å². The zero-order chi connectivity index (χ0) is 65.2. The summed E-state index contributed by atoms with van der Waals surface area (Å²) in [6, 6.07) is 21.5. The highest BCUT2D eigenvalue weighted by Crippen LogP contribution is 2.41. The van der Waals surface area contributed by atoms with Crippen LogP contribution in [0.4, 0.5) is 27.5 Å². The summed E-state index contributed by atoms with van der Waals surface area (Å²) in [6.07, 6.45) is 10.3. The Balaban J connectivity index is 0.000000327. The van der Waals surface area contributed by atoms with Crippen LogP contribution in [-0.2, 0) is 53.2 Å². The first-order valence-electron chi connectivity index (χ1n) is 30.2. The van der Waals surface area contributed by atoms with E-state index in [1.54, 1.807) is 49.3 Å². The highest BCUT2D eigenvalue weighted by atomic mass is 35.5. The molecule has 8 rings (SSSR count). The highest BCUT2D eigenvalue weighted by molar-refractivity contribution is 7.92. The van der Waals surface area contributed by atoms with Gasteiger partial charge in [0.2, 0.25) is 40.1 Å². The molecule has 508 valence electrons. The first-order chi connectivity index (χ1) is 41.8. The number of carboxylic acid groups (broad SMARTS) is 1. The number of hydrogen-bond donors (Lipinski definition) is 8. The quantitative estimate of drug-likeness (QED) is 0.0348. The number of anilines is 4. The Morgan fingerprint density at radius 2 is 0.901 bits per heavy atom. The number of piperidine rings is 2. The number of nitrogens with two attached hydrogens (primary N) is 1. The molecule has 30 heteroatoms. The van der Waals surface area contributed by atoms with E-state index >= 15 is 0 Å². The minimum atomic E-state index is -3.72. The van der Waals surface area contributed by atoms with Crippen LogP contribution in [0.2, 0.25) is 0 Å². The van der Waals surface area contributed by atoms with Crippen LogP contribution in [0.25, 0.3) is 0 Å². The smallest absolute Gasteiger partial charge is 0.407 e. The molecule has 3 amide bonds. The topological polar surface area (TPSA) is 339 Å². The number of amides is 3. The second-order valence-electron chi connectivity index (χ2n) is 24.9. The SMILES string of the molecule is CN(c1ccc(CNCC(O)CN(C(=O)O)C(C)(C)C)cc1C(=O)Nc1ccc(S(=O)(=O)N2CCC(C3CCC3)CC2)cc1)S(C)(=O)=O.CN(c1ccc(CNCC(O)CN)cc1C(=O)Nc1ccc(S(=O)(=O)N2CCC(C3CCC3)CC2)cc1)S(C)(=O)=O.Cl.Cl. The summed E-state index contributed by atoms with van der Waals surface area (Å²) >= 11 is 0. The van der Waals surface area contributed by atoms with Crippen molar-refractivity contribution < 1.29 is 63.4 Å². The Kier molecular flexibility index (Phi) is 27.5. The lowest BCUT2D eigenvalue weighted by molar-refractivity contribution is 0.0557. The molecule has 0 bridgehead atoms. The standard InChI is InChI=1S/C33H49N5O8S2.C28H41N5O6S2.2ClH/c1-33(2,3)38(32(41)42)22-27(39)21-34-20-23-9-14-30(36(4)47(5,43)44)29(19-23)31(40)35-26-10-12-28(13-11-26)48(45,46)37-17-15-25(16-18-37)24-7-6-8-24;1-32(40(2,36)37)27-11-6-20(18-30-19-24(34)17-29)16-26(27)28(35)31-23-7-9-25(10-8-23)41(38,39)33-14-12-22(13-15-33)21-4-3-5-21;;/h9-14,19,24-25,27,34,39H,6-8,15-18,20-22H2,1-5H3,(H,35,40)(H,41,42);6-11,16,21-22,24,30,34H,3-5,12-15,17-19,29H2,1-2H3,(H,31,35);2*1H. The van der Waals surface area contributed by atoms with Gasteiger partial charge in [0.25, 0.3) is 11.8 Å². The van der Waals surface area contributed by atoms with E-state index in [0.717, 1.165) is 63.5 Å². The zero-order valence-electron chi connectivity index (χ0n) is 52.8. The number of β-amino-alcohol motifs (C(OH)–C–C–N with tert-alkyl or cyclic N) is 1. The first-order valence-corrected chi connectivity index (χ1v) is 36.8. The maximum absolute atomic E-state index is 13.5. The second-order valence-corrected chi connectivity index (χ2v) is 32.8. The van der Waals surface area contributed by atoms with Crippen molar-refractivity contribution in [1.82, 2.24) is 24.1 Å². The van der Waals surface area contributed by atoms with Gasteiger partial charge in [0.05, 0.1) is 63.6 Å². The number of aliphatic hydroxyl groups is 2. The molecule has 2 aliphatic carbocycles. The van der Waals surface area contributed by atoms with Gasteiger partial charge in [-0.3, -0.25) is 18.2 Å². The maximum atomic E-state index is 13.5. The minimum absolute atomic E-state index is 0. The van der Waals surface area contributed by atoms with Crippen LogP contribution >= 0.6 is 24.8 Å². The van der Waals surface area contributed by atoms with Crippen LogP contribution in [0, 0.1) is 23.7 Å². The number of hydrogen-bond acceptors (Lipinski definition) is 16. The average molecular weight is 1390 g/mol. The number of nitrogens with zero attached hydrogens (tertiary/aromatic N) is 5. The maximum Gasteiger partial charge on any atom is 0.407 e. The lowest BCUT2D eigenvalue weighted by atomic mass is 9.72. The van der Waals surface area contributed by atoms with Gasteiger partial charge in [-0.15, -0.1) is 24.8 Å². The Morgan fingerprint density at radius 3 is 1.20 bits per heavy atom. The molecule has 0 radical (unpaired) electrons. The fourth-order valence-corrected chi connectivity index (χ4v) is 15.5. The van der Waals surface area contributed by atoms with Gasteiger partial charge in [-0.2, -0.15) is 8.61 Å². The van der Waals surface area contributed by atoms with E-state index in [-0.39, 0.29) is 89.8 Å². The van der Waals surface area contributed by atoms with Crippen LogP contribution in [0.1, 0.15) is 117 Å². The summed E-state index contributed by atoms with van der Waals surface area (Å²) < 4.78 is 108. The average Bonchev–Trinajstić information content (AvgIpc) is 0.879. The van der Waals surface area contributed by atoms with Crippen molar-refractivity contribution in [2.24, 2.45) is 29.4 Å². The molecule has 24 nitrogen and oxygen atoms in total. The van der Waals surface area contributed by atoms with Gasteiger partial charge in [0.15, 0.2) is 0 Å². The molecular formula is C61H92Cl2N10O14S4. The Labute approximate surface area is 550 Å². The van der Waals surface area contributed by atoms with Crippen molar-refractivity contribution in [2.45, 2.75) is 126 Å². The first kappa shape index (κ1) is 76.5. The largest absolute Gasteiger partial charge is 0.465 e. The fourth-order valence-electron chi connectivity index (χ4n) is 11.5. The van der Waals surface area contributed by atoms with Gasteiger partial charge in [0.1, 0.15) is 0 Å². The fraction of sp³-hybridized carbons (Fsp3) is 0.557. The minimum Gasteiger partial charge on any atom is -0.465 e. The monoisotopic (exact) mass is 1390 g/mol. The van der Waals surface area contributed by atoms with E-state index < -0.39 is 75.7 Å². The summed E-state index contributed by atoms with van der Waals surface area (Å²) in [6.45, 7) is 8.12. The molecule has 0 spiro atoms. The number of halogens is 2. The summed E-state index contributed by atoms with van der Waals surface area (Å²) in [5, 5.41) is 41.3. The van der Waals surface area contributed by atoms with Crippen molar-refractivity contribution in [2.75, 3.05) is 98.2 Å². The molecule has 2 heterocycles. The zero-order valence-corrected chi connectivity index (χ0v) is 57.7. The van der Waals surface area contributed by atoms with Gasteiger partial charge in [-0.05, 0) is 154 Å². The Bertz CT molecular complexity index is 3570. The highest BCUT2D eigenvalue weighted by Gasteiger charge is 2.37. The molecule has 4 aliphatic rings. The number of sulfonamides is 4. The lowest BCUT2D eigenvalue weighted by Crippen LogP contribution is -2.50. The van der Waals surface area contributed by atoms with E-state index in [4.69, 9.17) is 5.73 Å². The van der Waals surface area contributed by atoms with Crippen LogP contribution in [0.5, 0.6) is 0 Å². The van der Waals surface area contributed by atoms with Crippen molar-refractivity contribution >= 4 is 106 Å². The molecule has 2 saturated heterocycles. The van der Waals surface area contributed by atoms with Crippen LogP contribution in [0.15, 0.2) is 94.7 Å². The third-order valence-corrected chi connectivity index (χ3v) is 23.7. The summed E-state index contributed by atoms with van der Waals surface area (Å²) in [7, 11) is -12.0. The van der Waals surface area contributed by atoms with Crippen molar-refractivity contribution in [3.05, 3.63) is 107 Å². The predicted octanol–water partition coefficient (Wildman–Crippen LogP) is 6.55. The molecule has 2 saturated carbocycles. The molecule has 4 aromatic carbocycles. The molecule has 0 aromatic heterocycles. The lowest BCUT2D eigenvalue weighted by Gasteiger charge is -2.39. The number of nitrogens with one attached hydrogen (secondary N) is 4. The van der Waals surface area contributed by atoms with Crippen molar-refractivity contribution in [3.8, 4) is 0 Å². The summed E-state index contributed by atoms with van der Waals surface area (Å²) in [5.74, 6) is 1.55. The van der Waals surface area contributed by atoms with Gasteiger partial charge >= 0.3 is 6.09 Å². The molecule has 2 unspecified atom stereocenters. The van der Waals surface area contributed by atoms with E-state index in [9.17, 15) is 63.4 Å². The molecule has 2 atom stereocenters. The Morgan fingerprint density at radius 1 is 0.560 bits per heavy atom. The predicted molar refractivity (Wildman–Crippen MR) is 359 cm³/mol. The second kappa shape index (κ2) is 32.8. The molecule has 4 aromatic rings. The molecule has 4 fully saturated rings. The molecular weight excluding hydrogens is 1300 g/mol. The molecule has 91 heavy (non-hydrogen) atoms. The van der Waals surface area contributed by atoms with Crippen LogP contribution in [0.3, 0.4) is 0 Å². The summed E-state index contributed by atoms with van der Waals surface area (Å²) in [5.41, 5.74) is 7.30. The van der Waals surface area contributed by atoms with Gasteiger partial charge in [-0.25, -0.2) is 38.5 Å². The number of carbonyl (C=O) groups excluding carboxylic acids is 2. The molecule has 9 N–H and O–H groups in total. The van der Waals surface area contributed by atoms with Crippen molar-refractivity contribution in [3.63, 3.8) is 0 Å². The van der Waals surface area contributed by atoms with E-state index in [2.05, 4.69) is 21.3 Å². The van der Waals surface area contributed by atoms with Gasteiger partial charge in [-0.1, -0.05) is 50.7 Å². The van der Waals surface area contributed by atoms with Gasteiger partial charge in [0, 0.05) is 89.9 Å². The van der Waals surface area contributed by atoms with Crippen molar-refractivity contribution in [1.29, 1.82) is 0 Å². The van der Waals surface area contributed by atoms with E-state index in [1.165, 1.54) is 118 Å². The third-order valence-electron chi connectivity index (χ3n) is 17.5. The number of rotatable bonds is 25. The molecule has 2 aliphatic heterocycles. The Hall–Kier alpha value is -5.21. The summed E-state index contributed by atoms with van der Waals surface area (Å²) in [4.78, 5) is 40.0. The third kappa shape index (κ3) is 20.4. The van der Waals surface area contributed by atoms with Crippen LogP contribution < -0.4 is 35.6 Å².